The number of ether oxygens (including phenoxy) is 1. The molecule has 2 aliphatic carbocycles. The molecule has 60 valence electrons. The van der Waals surface area contributed by atoms with E-state index in [4.69, 9.17) is 16.3 Å². The van der Waals surface area contributed by atoms with Gasteiger partial charge in [-0.25, -0.2) is 4.79 Å². The molecule has 0 radical (unpaired) electrons. The van der Waals surface area contributed by atoms with Gasteiger partial charge in [-0.3, -0.25) is 0 Å². The molecular weight excluding hydrogens is 164 g/mol. The van der Waals surface area contributed by atoms with Crippen LogP contribution in [0.1, 0.15) is 19.3 Å². The van der Waals surface area contributed by atoms with Crippen LogP contribution in [0, 0.1) is 5.92 Å². The maximum Gasteiger partial charge on any atom is 0.404 e. The molecule has 2 atom stereocenters. The lowest BCUT2D eigenvalue weighted by Crippen LogP contribution is -2.25. The van der Waals surface area contributed by atoms with Gasteiger partial charge in [-0.2, -0.15) is 0 Å². The lowest BCUT2D eigenvalue weighted by Gasteiger charge is -2.21. The van der Waals surface area contributed by atoms with E-state index in [1.165, 1.54) is 0 Å². The van der Waals surface area contributed by atoms with Gasteiger partial charge in [-0.05, 0) is 31.3 Å². The first-order chi connectivity index (χ1) is 5.20. The second-order valence-corrected chi connectivity index (χ2v) is 3.58. The standard InChI is InChI=1S/C8H9ClO2/c9-7(10)11-8-3-1-6(5-8)2-4-8/h1,3,6H,2,4-5H2. The summed E-state index contributed by atoms with van der Waals surface area (Å²) in [6, 6.07) is 0. The first-order valence-corrected chi connectivity index (χ1v) is 4.16. The molecule has 3 heteroatoms. The summed E-state index contributed by atoms with van der Waals surface area (Å²) in [5, 5.41) is 0. The maximum atomic E-state index is 10.5. The molecule has 2 bridgehead atoms. The lowest BCUT2D eigenvalue weighted by atomic mass is 10.0. The zero-order valence-corrected chi connectivity index (χ0v) is 6.80. The second-order valence-electron chi connectivity index (χ2n) is 3.27. The Labute approximate surface area is 70.2 Å². The molecule has 0 aromatic heterocycles. The van der Waals surface area contributed by atoms with Crippen LogP contribution in [0.4, 0.5) is 4.79 Å². The van der Waals surface area contributed by atoms with E-state index in [0.717, 1.165) is 19.3 Å². The zero-order chi connectivity index (χ0) is 7.90. The molecule has 0 amide bonds. The van der Waals surface area contributed by atoms with Gasteiger partial charge in [-0.1, -0.05) is 6.08 Å². The van der Waals surface area contributed by atoms with Crippen LogP contribution in [0.15, 0.2) is 12.2 Å². The van der Waals surface area contributed by atoms with Crippen molar-refractivity contribution in [2.45, 2.75) is 24.9 Å². The number of halogens is 1. The van der Waals surface area contributed by atoms with Crippen LogP contribution < -0.4 is 0 Å². The van der Waals surface area contributed by atoms with Crippen molar-refractivity contribution >= 4 is 17.0 Å². The molecule has 1 fully saturated rings. The normalized spacial score (nSPS) is 39.5. The zero-order valence-electron chi connectivity index (χ0n) is 6.05. The third-order valence-corrected chi connectivity index (χ3v) is 2.58. The Kier molecular flexibility index (Phi) is 1.46. The molecule has 0 aromatic rings. The van der Waals surface area contributed by atoms with Crippen LogP contribution in [0.3, 0.4) is 0 Å². The Balaban J connectivity index is 2.11. The number of allylic oxidation sites excluding steroid dienone is 1. The summed E-state index contributed by atoms with van der Waals surface area (Å²) in [6.07, 6.45) is 7.09. The Morgan fingerprint density at radius 1 is 1.73 bits per heavy atom. The number of fused-ring (bicyclic) bond motifs is 2. The third-order valence-electron chi connectivity index (χ3n) is 2.50. The molecule has 2 rings (SSSR count). The molecule has 0 N–H and O–H groups in total. The highest BCUT2D eigenvalue weighted by atomic mass is 35.5. The van der Waals surface area contributed by atoms with E-state index in [1.54, 1.807) is 0 Å². The summed E-state index contributed by atoms with van der Waals surface area (Å²) < 4.78 is 5.03. The van der Waals surface area contributed by atoms with Gasteiger partial charge < -0.3 is 4.74 Å². The largest absolute Gasteiger partial charge is 0.443 e. The predicted octanol–water partition coefficient (Wildman–Crippen LogP) is 2.47. The van der Waals surface area contributed by atoms with E-state index in [0.29, 0.717) is 5.92 Å². The minimum absolute atomic E-state index is 0.330. The van der Waals surface area contributed by atoms with Gasteiger partial charge in [-0.15, -0.1) is 0 Å². The molecule has 0 saturated heterocycles. The van der Waals surface area contributed by atoms with Crippen molar-refractivity contribution in [3.8, 4) is 0 Å². The number of carbonyl (C=O) groups is 1. The van der Waals surface area contributed by atoms with Crippen molar-refractivity contribution in [3.05, 3.63) is 12.2 Å². The summed E-state index contributed by atoms with van der Waals surface area (Å²) in [5.41, 5.74) is -1.01. The first-order valence-electron chi connectivity index (χ1n) is 3.78. The summed E-state index contributed by atoms with van der Waals surface area (Å²) in [6.45, 7) is 0. The van der Waals surface area contributed by atoms with Gasteiger partial charge in [0.05, 0.1) is 0 Å². The molecule has 0 heterocycles. The van der Waals surface area contributed by atoms with Gasteiger partial charge in [0.2, 0.25) is 0 Å². The van der Waals surface area contributed by atoms with Crippen molar-refractivity contribution in [2.24, 2.45) is 5.92 Å². The van der Waals surface area contributed by atoms with E-state index >= 15 is 0 Å². The van der Waals surface area contributed by atoms with Crippen molar-refractivity contribution in [3.63, 3.8) is 0 Å². The highest BCUT2D eigenvalue weighted by Crippen LogP contribution is 2.45. The molecule has 2 aliphatic rings. The highest BCUT2D eigenvalue weighted by Gasteiger charge is 2.43. The van der Waals surface area contributed by atoms with Crippen LogP contribution in [-0.2, 0) is 4.74 Å². The Hall–Kier alpha value is -0.500. The molecule has 0 spiro atoms. The van der Waals surface area contributed by atoms with Crippen molar-refractivity contribution in [1.29, 1.82) is 0 Å². The second kappa shape index (κ2) is 2.24. The van der Waals surface area contributed by atoms with E-state index in [9.17, 15) is 4.79 Å². The smallest absolute Gasteiger partial charge is 0.404 e. The van der Waals surface area contributed by atoms with Crippen LogP contribution >= 0.6 is 11.6 Å². The summed E-state index contributed by atoms with van der Waals surface area (Å²) >= 11 is 5.15. The molecule has 0 aliphatic heterocycles. The summed E-state index contributed by atoms with van der Waals surface area (Å²) in [7, 11) is 0. The van der Waals surface area contributed by atoms with Crippen LogP contribution in [0.5, 0.6) is 0 Å². The number of hydrogen-bond donors (Lipinski definition) is 0. The SMILES string of the molecule is O=C(Cl)OC12C=CC(CC1)C2. The van der Waals surface area contributed by atoms with Crippen molar-refractivity contribution in [1.82, 2.24) is 0 Å². The minimum Gasteiger partial charge on any atom is -0.443 e. The van der Waals surface area contributed by atoms with Crippen LogP contribution in [0.25, 0.3) is 0 Å². The first kappa shape index (κ1) is 7.17. The summed E-state index contributed by atoms with van der Waals surface area (Å²) in [5.74, 6) is 0.617. The highest BCUT2D eigenvalue weighted by molar-refractivity contribution is 6.61. The van der Waals surface area contributed by atoms with Crippen LogP contribution in [0.2, 0.25) is 0 Å². The van der Waals surface area contributed by atoms with Gasteiger partial charge in [0.15, 0.2) is 0 Å². The fourth-order valence-electron chi connectivity index (χ4n) is 1.99. The predicted molar refractivity (Wildman–Crippen MR) is 41.5 cm³/mol. The van der Waals surface area contributed by atoms with E-state index < -0.39 is 5.43 Å². The lowest BCUT2D eigenvalue weighted by molar-refractivity contribution is 0.0735. The molecule has 2 unspecified atom stereocenters. The van der Waals surface area contributed by atoms with Crippen molar-refractivity contribution in [2.75, 3.05) is 0 Å². The molecular formula is C8H9ClO2. The Bertz CT molecular complexity index is 224. The fourth-order valence-corrected chi connectivity index (χ4v) is 2.14. The third kappa shape index (κ3) is 1.16. The van der Waals surface area contributed by atoms with Gasteiger partial charge >= 0.3 is 5.43 Å². The average Bonchev–Trinajstić information content (AvgIpc) is 2.43. The number of carbonyl (C=O) groups excluding carboxylic acids is 1. The molecule has 11 heavy (non-hydrogen) atoms. The van der Waals surface area contributed by atoms with E-state index in [2.05, 4.69) is 6.08 Å². The minimum atomic E-state index is -0.683. The van der Waals surface area contributed by atoms with Gasteiger partial charge in [0.1, 0.15) is 5.60 Å². The van der Waals surface area contributed by atoms with Gasteiger partial charge in [0, 0.05) is 11.6 Å². The quantitative estimate of drug-likeness (QED) is 0.449. The monoisotopic (exact) mass is 172 g/mol. The Morgan fingerprint density at radius 2 is 2.55 bits per heavy atom. The molecule has 0 aromatic carbocycles. The molecule has 1 saturated carbocycles. The number of rotatable bonds is 1. The fraction of sp³-hybridized carbons (Fsp3) is 0.625. The van der Waals surface area contributed by atoms with Crippen LogP contribution in [-0.4, -0.2) is 11.0 Å². The Morgan fingerprint density at radius 3 is 2.91 bits per heavy atom. The maximum absolute atomic E-state index is 10.5. The summed E-state index contributed by atoms with van der Waals surface area (Å²) in [4.78, 5) is 10.5. The van der Waals surface area contributed by atoms with Crippen molar-refractivity contribution < 1.29 is 9.53 Å². The van der Waals surface area contributed by atoms with E-state index in [1.807, 2.05) is 6.08 Å². The molecule has 2 nitrogen and oxygen atoms in total. The van der Waals surface area contributed by atoms with E-state index in [-0.39, 0.29) is 5.60 Å². The average molecular weight is 173 g/mol. The van der Waals surface area contributed by atoms with Gasteiger partial charge in [0.25, 0.3) is 0 Å². The topological polar surface area (TPSA) is 26.3 Å². The number of hydrogen-bond acceptors (Lipinski definition) is 2.